The fourth-order valence-corrected chi connectivity index (χ4v) is 2.78. The third-order valence-electron chi connectivity index (χ3n) is 3.79. The Morgan fingerprint density at radius 3 is 2.78 bits per heavy atom. The van der Waals surface area contributed by atoms with Crippen molar-refractivity contribution in [2.45, 2.75) is 39.2 Å². The van der Waals surface area contributed by atoms with Gasteiger partial charge in [0.1, 0.15) is 5.82 Å². The summed E-state index contributed by atoms with van der Waals surface area (Å²) in [6.07, 6.45) is 5.36. The Labute approximate surface area is 111 Å². The van der Waals surface area contributed by atoms with E-state index in [2.05, 4.69) is 35.3 Å². The molecular formula is C15H25N3. The van der Waals surface area contributed by atoms with Crippen molar-refractivity contribution in [1.82, 2.24) is 10.3 Å². The molecule has 2 heterocycles. The minimum Gasteiger partial charge on any atom is -0.357 e. The van der Waals surface area contributed by atoms with Crippen LogP contribution in [0.1, 0.15) is 38.3 Å². The Morgan fingerprint density at radius 2 is 2.11 bits per heavy atom. The SMILES string of the molecule is CCCC1CCN(c2cccc(CNC)n2)CC1. The van der Waals surface area contributed by atoms with Crippen molar-refractivity contribution in [3.8, 4) is 0 Å². The van der Waals surface area contributed by atoms with Crippen LogP contribution in [-0.4, -0.2) is 25.1 Å². The molecule has 0 unspecified atom stereocenters. The van der Waals surface area contributed by atoms with Gasteiger partial charge in [-0.15, -0.1) is 0 Å². The van der Waals surface area contributed by atoms with E-state index in [0.717, 1.165) is 24.0 Å². The Bertz CT molecular complexity index is 357. The molecule has 1 N–H and O–H groups in total. The quantitative estimate of drug-likeness (QED) is 0.867. The first-order valence-corrected chi connectivity index (χ1v) is 7.19. The molecule has 1 fully saturated rings. The molecule has 3 heteroatoms. The Balaban J connectivity index is 1.94. The number of pyridine rings is 1. The van der Waals surface area contributed by atoms with Crippen LogP contribution in [0.4, 0.5) is 5.82 Å². The summed E-state index contributed by atoms with van der Waals surface area (Å²) in [5.74, 6) is 2.09. The lowest BCUT2D eigenvalue weighted by atomic mass is 9.92. The summed E-state index contributed by atoms with van der Waals surface area (Å²) in [5.41, 5.74) is 1.13. The van der Waals surface area contributed by atoms with Crippen LogP contribution in [0, 0.1) is 5.92 Å². The highest BCUT2D eigenvalue weighted by atomic mass is 15.2. The van der Waals surface area contributed by atoms with Gasteiger partial charge in [-0.25, -0.2) is 4.98 Å². The molecule has 100 valence electrons. The summed E-state index contributed by atoms with van der Waals surface area (Å²) < 4.78 is 0. The highest BCUT2D eigenvalue weighted by Gasteiger charge is 2.19. The molecule has 0 bridgehead atoms. The van der Waals surface area contributed by atoms with Crippen molar-refractivity contribution >= 4 is 5.82 Å². The summed E-state index contributed by atoms with van der Waals surface area (Å²) in [5, 5.41) is 3.16. The number of anilines is 1. The monoisotopic (exact) mass is 247 g/mol. The number of aromatic nitrogens is 1. The van der Waals surface area contributed by atoms with Gasteiger partial charge in [0.05, 0.1) is 5.69 Å². The first-order valence-electron chi connectivity index (χ1n) is 7.19. The van der Waals surface area contributed by atoms with Gasteiger partial charge in [0.25, 0.3) is 0 Å². The predicted octanol–water partition coefficient (Wildman–Crippen LogP) is 2.82. The van der Waals surface area contributed by atoms with Crippen LogP contribution in [-0.2, 0) is 6.54 Å². The summed E-state index contributed by atoms with van der Waals surface area (Å²) in [6, 6.07) is 6.34. The zero-order valence-electron chi connectivity index (χ0n) is 11.7. The Morgan fingerprint density at radius 1 is 1.33 bits per heavy atom. The smallest absolute Gasteiger partial charge is 0.128 e. The van der Waals surface area contributed by atoms with Gasteiger partial charge in [-0.3, -0.25) is 0 Å². The van der Waals surface area contributed by atoms with Gasteiger partial charge in [-0.1, -0.05) is 25.8 Å². The van der Waals surface area contributed by atoms with E-state index in [-0.39, 0.29) is 0 Å². The second kappa shape index (κ2) is 6.74. The minimum atomic E-state index is 0.847. The fourth-order valence-electron chi connectivity index (χ4n) is 2.78. The first kappa shape index (κ1) is 13.3. The van der Waals surface area contributed by atoms with Crippen molar-refractivity contribution < 1.29 is 0 Å². The number of hydrogen-bond acceptors (Lipinski definition) is 3. The molecule has 0 radical (unpaired) electrons. The van der Waals surface area contributed by atoms with Crippen molar-refractivity contribution in [2.75, 3.05) is 25.0 Å². The van der Waals surface area contributed by atoms with Gasteiger partial charge in [-0.05, 0) is 37.9 Å². The molecule has 1 aliphatic rings. The van der Waals surface area contributed by atoms with Gasteiger partial charge in [0, 0.05) is 19.6 Å². The molecule has 1 aromatic heterocycles. The van der Waals surface area contributed by atoms with Crippen molar-refractivity contribution in [3.05, 3.63) is 23.9 Å². The molecule has 1 saturated heterocycles. The number of rotatable bonds is 5. The van der Waals surface area contributed by atoms with E-state index in [9.17, 15) is 0 Å². The lowest BCUT2D eigenvalue weighted by Crippen LogP contribution is -2.34. The van der Waals surface area contributed by atoms with Crippen molar-refractivity contribution in [3.63, 3.8) is 0 Å². The van der Waals surface area contributed by atoms with Gasteiger partial charge >= 0.3 is 0 Å². The first-order chi connectivity index (χ1) is 8.83. The van der Waals surface area contributed by atoms with Crippen LogP contribution in [0.3, 0.4) is 0 Å². The minimum absolute atomic E-state index is 0.847. The summed E-state index contributed by atoms with van der Waals surface area (Å²) in [4.78, 5) is 7.16. The standard InChI is InChI=1S/C15H25N3/c1-3-5-13-8-10-18(11-9-13)15-7-4-6-14(17-15)12-16-2/h4,6-7,13,16H,3,5,8-12H2,1-2H3. The molecule has 0 amide bonds. The van der Waals surface area contributed by atoms with E-state index in [1.54, 1.807) is 0 Å². The predicted molar refractivity (Wildman–Crippen MR) is 76.8 cm³/mol. The number of piperidine rings is 1. The van der Waals surface area contributed by atoms with Gasteiger partial charge in [0.2, 0.25) is 0 Å². The van der Waals surface area contributed by atoms with Crippen LogP contribution in [0.15, 0.2) is 18.2 Å². The van der Waals surface area contributed by atoms with Crippen LogP contribution in [0.25, 0.3) is 0 Å². The molecule has 1 aromatic rings. The van der Waals surface area contributed by atoms with E-state index in [1.165, 1.54) is 38.8 Å². The van der Waals surface area contributed by atoms with Gasteiger partial charge < -0.3 is 10.2 Å². The fraction of sp³-hybridized carbons (Fsp3) is 0.667. The second-order valence-electron chi connectivity index (χ2n) is 5.24. The maximum absolute atomic E-state index is 4.72. The normalized spacial score (nSPS) is 17.1. The van der Waals surface area contributed by atoms with E-state index in [1.807, 2.05) is 7.05 Å². The average molecular weight is 247 g/mol. The Kier molecular flexibility index (Phi) is 5.00. The maximum Gasteiger partial charge on any atom is 0.128 e. The van der Waals surface area contributed by atoms with E-state index >= 15 is 0 Å². The highest BCUT2D eigenvalue weighted by molar-refractivity contribution is 5.39. The summed E-state index contributed by atoms with van der Waals surface area (Å²) >= 11 is 0. The largest absolute Gasteiger partial charge is 0.357 e. The van der Waals surface area contributed by atoms with Crippen molar-refractivity contribution in [2.24, 2.45) is 5.92 Å². The molecule has 0 saturated carbocycles. The molecule has 2 rings (SSSR count). The van der Waals surface area contributed by atoms with E-state index in [0.29, 0.717) is 0 Å². The summed E-state index contributed by atoms with van der Waals surface area (Å²) in [6.45, 7) is 5.47. The van der Waals surface area contributed by atoms with E-state index in [4.69, 9.17) is 4.98 Å². The zero-order chi connectivity index (χ0) is 12.8. The highest BCUT2D eigenvalue weighted by Crippen LogP contribution is 2.24. The lowest BCUT2D eigenvalue weighted by Gasteiger charge is -2.32. The van der Waals surface area contributed by atoms with Gasteiger partial charge in [-0.2, -0.15) is 0 Å². The van der Waals surface area contributed by atoms with Crippen molar-refractivity contribution in [1.29, 1.82) is 0 Å². The third-order valence-corrected chi connectivity index (χ3v) is 3.79. The molecule has 0 aromatic carbocycles. The van der Waals surface area contributed by atoms with Crippen LogP contribution >= 0.6 is 0 Å². The molecule has 1 aliphatic heterocycles. The topological polar surface area (TPSA) is 28.2 Å². The zero-order valence-corrected chi connectivity index (χ0v) is 11.7. The molecular weight excluding hydrogens is 222 g/mol. The molecule has 0 aliphatic carbocycles. The van der Waals surface area contributed by atoms with E-state index < -0.39 is 0 Å². The number of hydrogen-bond donors (Lipinski definition) is 1. The summed E-state index contributed by atoms with van der Waals surface area (Å²) in [7, 11) is 1.96. The molecule has 0 atom stereocenters. The Hall–Kier alpha value is -1.09. The van der Waals surface area contributed by atoms with Gasteiger partial charge in [0.15, 0.2) is 0 Å². The molecule has 0 spiro atoms. The number of nitrogens with zero attached hydrogens (tertiary/aromatic N) is 2. The molecule has 3 nitrogen and oxygen atoms in total. The average Bonchev–Trinajstić information content (AvgIpc) is 2.41. The third kappa shape index (κ3) is 3.45. The number of nitrogens with one attached hydrogen (secondary N) is 1. The lowest BCUT2D eigenvalue weighted by molar-refractivity contribution is 0.377. The van der Waals surface area contributed by atoms with Crippen LogP contribution < -0.4 is 10.2 Å². The van der Waals surface area contributed by atoms with Crippen LogP contribution in [0.2, 0.25) is 0 Å². The van der Waals surface area contributed by atoms with Crippen LogP contribution in [0.5, 0.6) is 0 Å². The maximum atomic E-state index is 4.72. The second-order valence-corrected chi connectivity index (χ2v) is 5.24. The molecule has 18 heavy (non-hydrogen) atoms.